The molecule has 1 atom stereocenters. The van der Waals surface area contributed by atoms with Crippen molar-refractivity contribution in [1.29, 1.82) is 0 Å². The topological polar surface area (TPSA) is 83.6 Å². The Morgan fingerprint density at radius 3 is 2.62 bits per heavy atom. The van der Waals surface area contributed by atoms with Gasteiger partial charge in [-0.3, -0.25) is 4.79 Å². The van der Waals surface area contributed by atoms with E-state index in [0.29, 0.717) is 17.9 Å². The first-order chi connectivity index (χ1) is 12.5. The van der Waals surface area contributed by atoms with E-state index >= 15 is 0 Å². The minimum Gasteiger partial charge on any atom is -0.477 e. The molecule has 0 saturated heterocycles. The van der Waals surface area contributed by atoms with E-state index in [1.165, 1.54) is 18.3 Å². The lowest BCUT2D eigenvalue weighted by atomic mass is 10.1. The molecule has 134 valence electrons. The van der Waals surface area contributed by atoms with Crippen LogP contribution in [0, 0.1) is 0 Å². The number of hydrogen-bond donors (Lipinski definition) is 1. The third kappa shape index (κ3) is 3.44. The molecule has 0 fully saturated rings. The fraction of sp³-hybridized carbons (Fsp3) is 0.250. The molecule has 0 bridgehead atoms. The Morgan fingerprint density at radius 2 is 2.00 bits per heavy atom. The van der Waals surface area contributed by atoms with Crippen LogP contribution in [-0.4, -0.2) is 33.4 Å². The Labute approximate surface area is 151 Å². The molecule has 1 amide bonds. The molecule has 0 aliphatic rings. The molecular weight excluding hydrogens is 332 g/mol. The Balaban J connectivity index is 1.89. The maximum atomic E-state index is 12.9. The highest BCUT2D eigenvalue weighted by atomic mass is 16.4. The third-order valence-corrected chi connectivity index (χ3v) is 4.28. The number of furan rings is 1. The monoisotopic (exact) mass is 352 g/mol. The van der Waals surface area contributed by atoms with Crippen LogP contribution in [0.15, 0.2) is 53.1 Å². The van der Waals surface area contributed by atoms with Gasteiger partial charge in [0.05, 0.1) is 11.6 Å². The molecule has 1 aromatic carbocycles. The highest BCUT2D eigenvalue weighted by molar-refractivity contribution is 5.95. The summed E-state index contributed by atoms with van der Waals surface area (Å²) in [6.07, 6.45) is 2.09. The van der Waals surface area contributed by atoms with E-state index in [4.69, 9.17) is 9.52 Å². The number of pyridine rings is 1. The summed E-state index contributed by atoms with van der Waals surface area (Å²) in [5.74, 6) is -0.614. The zero-order chi connectivity index (χ0) is 18.7. The average Bonchev–Trinajstić information content (AvgIpc) is 3.09. The van der Waals surface area contributed by atoms with E-state index in [-0.39, 0.29) is 17.6 Å². The van der Waals surface area contributed by atoms with Crippen molar-refractivity contribution in [2.24, 2.45) is 0 Å². The third-order valence-electron chi connectivity index (χ3n) is 4.28. The van der Waals surface area contributed by atoms with Crippen LogP contribution in [0.5, 0.6) is 0 Å². The van der Waals surface area contributed by atoms with Crippen LogP contribution >= 0.6 is 0 Å². The second-order valence-corrected chi connectivity index (χ2v) is 6.10. The lowest BCUT2D eigenvalue weighted by molar-refractivity contribution is 0.0663. The van der Waals surface area contributed by atoms with Crippen molar-refractivity contribution in [3.05, 3.63) is 65.7 Å². The first kappa shape index (κ1) is 17.7. The molecule has 0 radical (unpaired) electrons. The van der Waals surface area contributed by atoms with Gasteiger partial charge in [0.25, 0.3) is 5.91 Å². The first-order valence-corrected chi connectivity index (χ1v) is 8.50. The highest BCUT2D eigenvalue weighted by Crippen LogP contribution is 2.28. The number of aromatic carboxylic acids is 1. The molecule has 1 unspecified atom stereocenters. The molecule has 3 aromatic rings. The van der Waals surface area contributed by atoms with E-state index in [0.717, 1.165) is 17.4 Å². The Morgan fingerprint density at radius 1 is 1.23 bits per heavy atom. The molecule has 3 rings (SSSR count). The summed E-state index contributed by atoms with van der Waals surface area (Å²) in [5, 5.41) is 9.93. The van der Waals surface area contributed by atoms with Gasteiger partial charge in [-0.25, -0.2) is 9.78 Å². The number of benzene rings is 1. The van der Waals surface area contributed by atoms with Gasteiger partial charge in [-0.2, -0.15) is 0 Å². The van der Waals surface area contributed by atoms with Gasteiger partial charge in [0, 0.05) is 18.1 Å². The van der Waals surface area contributed by atoms with Gasteiger partial charge in [-0.1, -0.05) is 25.1 Å². The van der Waals surface area contributed by atoms with Crippen LogP contribution in [0.3, 0.4) is 0 Å². The number of hydrogen-bond acceptors (Lipinski definition) is 4. The van der Waals surface area contributed by atoms with Crippen LogP contribution in [0.2, 0.25) is 0 Å². The molecule has 0 aliphatic heterocycles. The van der Waals surface area contributed by atoms with Crippen molar-refractivity contribution in [3.63, 3.8) is 0 Å². The zero-order valence-electron chi connectivity index (χ0n) is 14.7. The molecule has 0 saturated carbocycles. The lowest BCUT2D eigenvalue weighted by Crippen LogP contribution is -2.34. The quantitative estimate of drug-likeness (QED) is 0.721. The van der Waals surface area contributed by atoms with Crippen molar-refractivity contribution in [2.75, 3.05) is 6.54 Å². The first-order valence-electron chi connectivity index (χ1n) is 8.50. The predicted octanol–water partition coefficient (Wildman–Crippen LogP) is 4.14. The minimum atomic E-state index is -1.12. The van der Waals surface area contributed by atoms with E-state index in [1.807, 2.05) is 44.2 Å². The number of carboxylic acids is 1. The van der Waals surface area contributed by atoms with Gasteiger partial charge in [0.2, 0.25) is 0 Å². The van der Waals surface area contributed by atoms with Gasteiger partial charge < -0.3 is 14.4 Å². The van der Waals surface area contributed by atoms with E-state index in [9.17, 15) is 9.59 Å². The fourth-order valence-corrected chi connectivity index (χ4v) is 2.89. The lowest BCUT2D eigenvalue weighted by Gasteiger charge is -2.27. The Hall–Kier alpha value is -3.15. The standard InChI is InChI=1S/C20H20N2O4/c1-3-10-22(19(23)15-8-9-16(20(24)25)21-12-15)13(2)18-11-14-6-4-5-7-17(14)26-18/h4-9,11-13H,3,10H2,1-2H3,(H,24,25). The minimum absolute atomic E-state index is 0.0890. The second-order valence-electron chi connectivity index (χ2n) is 6.10. The molecule has 26 heavy (non-hydrogen) atoms. The maximum absolute atomic E-state index is 12.9. The van der Waals surface area contributed by atoms with Crippen LogP contribution < -0.4 is 0 Å². The van der Waals surface area contributed by atoms with Gasteiger partial charge in [-0.15, -0.1) is 0 Å². The van der Waals surface area contributed by atoms with Gasteiger partial charge in [0.15, 0.2) is 0 Å². The molecule has 0 spiro atoms. The largest absolute Gasteiger partial charge is 0.477 e. The summed E-state index contributed by atoms with van der Waals surface area (Å²) in [7, 11) is 0. The molecular formula is C20H20N2O4. The van der Waals surface area contributed by atoms with Crippen molar-refractivity contribution in [3.8, 4) is 0 Å². The van der Waals surface area contributed by atoms with E-state index in [1.54, 1.807) is 4.90 Å². The number of rotatable bonds is 6. The normalized spacial score (nSPS) is 12.1. The Kier molecular flexibility index (Phi) is 5.02. The highest BCUT2D eigenvalue weighted by Gasteiger charge is 2.25. The smallest absolute Gasteiger partial charge is 0.354 e. The molecule has 6 nitrogen and oxygen atoms in total. The number of carboxylic acid groups (broad SMARTS) is 1. The number of amides is 1. The summed E-state index contributed by atoms with van der Waals surface area (Å²) in [6.45, 7) is 4.47. The molecule has 6 heteroatoms. The predicted molar refractivity (Wildman–Crippen MR) is 97.2 cm³/mol. The number of carbonyl (C=O) groups excluding carboxylic acids is 1. The van der Waals surface area contributed by atoms with Crippen molar-refractivity contribution in [1.82, 2.24) is 9.88 Å². The summed E-state index contributed by atoms with van der Waals surface area (Å²) >= 11 is 0. The maximum Gasteiger partial charge on any atom is 0.354 e. The Bertz CT molecular complexity index is 897. The van der Waals surface area contributed by atoms with Crippen molar-refractivity contribution in [2.45, 2.75) is 26.3 Å². The summed E-state index contributed by atoms with van der Waals surface area (Å²) < 4.78 is 5.91. The van der Waals surface area contributed by atoms with Crippen molar-refractivity contribution >= 4 is 22.8 Å². The molecule has 2 heterocycles. The molecule has 2 aromatic heterocycles. The molecule has 1 N–H and O–H groups in total. The summed E-state index contributed by atoms with van der Waals surface area (Å²) in [6, 6.07) is 12.2. The van der Waals surface area contributed by atoms with E-state index in [2.05, 4.69) is 4.98 Å². The van der Waals surface area contributed by atoms with Crippen LogP contribution in [0.25, 0.3) is 11.0 Å². The number of para-hydroxylation sites is 1. The van der Waals surface area contributed by atoms with Crippen LogP contribution in [0.4, 0.5) is 0 Å². The number of aromatic nitrogens is 1. The van der Waals surface area contributed by atoms with Gasteiger partial charge in [0.1, 0.15) is 17.0 Å². The number of fused-ring (bicyclic) bond motifs is 1. The van der Waals surface area contributed by atoms with Crippen molar-refractivity contribution < 1.29 is 19.1 Å². The number of carbonyl (C=O) groups is 2. The average molecular weight is 352 g/mol. The fourth-order valence-electron chi connectivity index (χ4n) is 2.89. The summed E-state index contributed by atoms with van der Waals surface area (Å²) in [4.78, 5) is 29.4. The second kappa shape index (κ2) is 7.39. The summed E-state index contributed by atoms with van der Waals surface area (Å²) in [5.41, 5.74) is 1.05. The molecule has 0 aliphatic carbocycles. The van der Waals surface area contributed by atoms with E-state index < -0.39 is 5.97 Å². The van der Waals surface area contributed by atoms with Crippen LogP contribution in [0.1, 0.15) is 52.9 Å². The SMILES string of the molecule is CCCN(C(=O)c1ccc(C(=O)O)nc1)C(C)c1cc2ccccc2o1. The number of nitrogens with zero attached hydrogens (tertiary/aromatic N) is 2. The van der Waals surface area contributed by atoms with Gasteiger partial charge >= 0.3 is 5.97 Å². The van der Waals surface area contributed by atoms with Gasteiger partial charge in [-0.05, 0) is 37.6 Å². The van der Waals surface area contributed by atoms with Crippen LogP contribution in [-0.2, 0) is 0 Å². The zero-order valence-corrected chi connectivity index (χ0v) is 14.7.